The summed E-state index contributed by atoms with van der Waals surface area (Å²) in [6.07, 6.45) is -0.163. The van der Waals surface area contributed by atoms with Gasteiger partial charge in [-0.25, -0.2) is 4.79 Å². The number of anilines is 1. The van der Waals surface area contributed by atoms with Crippen molar-refractivity contribution in [1.29, 1.82) is 0 Å². The second-order valence-electron chi connectivity index (χ2n) is 5.41. The Labute approximate surface area is 146 Å². The number of esters is 1. The van der Waals surface area contributed by atoms with E-state index in [1.165, 1.54) is 0 Å². The van der Waals surface area contributed by atoms with Crippen LogP contribution in [0, 0.1) is 0 Å². The predicted octanol–water partition coefficient (Wildman–Crippen LogP) is 4.62. The molecule has 1 amide bonds. The van der Waals surface area contributed by atoms with E-state index in [1.54, 1.807) is 49.9 Å². The molecule has 4 nitrogen and oxygen atoms in total. The van der Waals surface area contributed by atoms with Gasteiger partial charge in [-0.3, -0.25) is 4.79 Å². The summed E-state index contributed by atoms with van der Waals surface area (Å²) in [7, 11) is 0. The van der Waals surface area contributed by atoms with Gasteiger partial charge in [-0.1, -0.05) is 19.1 Å². The van der Waals surface area contributed by atoms with Gasteiger partial charge in [-0.2, -0.15) is 0 Å². The smallest absolute Gasteiger partial charge is 0.338 e. The van der Waals surface area contributed by atoms with Crippen LogP contribution in [0.4, 0.5) is 5.69 Å². The number of nitrogens with one attached hydrogen (secondary N) is 1. The van der Waals surface area contributed by atoms with E-state index in [2.05, 4.69) is 5.32 Å². The van der Waals surface area contributed by atoms with Crippen LogP contribution in [-0.2, 0) is 4.74 Å². The molecule has 126 valence electrons. The van der Waals surface area contributed by atoms with Crippen molar-refractivity contribution in [2.75, 3.05) is 11.1 Å². The number of amides is 1. The summed E-state index contributed by atoms with van der Waals surface area (Å²) in [5.41, 5.74) is 1.74. The van der Waals surface area contributed by atoms with Crippen LogP contribution < -0.4 is 5.32 Å². The van der Waals surface area contributed by atoms with Gasteiger partial charge in [-0.05, 0) is 56.0 Å². The number of benzene rings is 2. The Balaban J connectivity index is 2.09. The lowest BCUT2D eigenvalue weighted by molar-refractivity contribution is 0.0378. The summed E-state index contributed by atoms with van der Waals surface area (Å²) in [4.78, 5) is 25.2. The van der Waals surface area contributed by atoms with Crippen LogP contribution in [0.1, 0.15) is 41.5 Å². The van der Waals surface area contributed by atoms with Crippen LogP contribution in [0.15, 0.2) is 53.4 Å². The summed E-state index contributed by atoms with van der Waals surface area (Å²) in [5.74, 6) is 0.369. The van der Waals surface area contributed by atoms with Crippen LogP contribution in [0.2, 0.25) is 0 Å². The molecule has 2 aromatic rings. The lowest BCUT2D eigenvalue weighted by Crippen LogP contribution is -2.14. The van der Waals surface area contributed by atoms with Crippen LogP contribution in [0.3, 0.4) is 0 Å². The van der Waals surface area contributed by atoms with Crippen molar-refractivity contribution in [2.45, 2.75) is 31.8 Å². The number of carbonyl (C=O) groups is 2. The SMILES string of the molecule is CCSc1ccccc1C(=O)Nc1ccc(C(=O)OC(C)C)cc1. The molecular formula is C19H21NO3S. The van der Waals surface area contributed by atoms with Crippen molar-refractivity contribution < 1.29 is 14.3 Å². The summed E-state index contributed by atoms with van der Waals surface area (Å²) in [5, 5.41) is 2.86. The maximum absolute atomic E-state index is 12.5. The second kappa shape index (κ2) is 8.55. The zero-order chi connectivity index (χ0) is 17.5. The van der Waals surface area contributed by atoms with E-state index in [9.17, 15) is 9.59 Å². The Hall–Kier alpha value is -2.27. The molecule has 0 aliphatic carbocycles. The van der Waals surface area contributed by atoms with E-state index in [-0.39, 0.29) is 18.0 Å². The van der Waals surface area contributed by atoms with Crippen LogP contribution in [0.5, 0.6) is 0 Å². The minimum atomic E-state index is -0.368. The molecule has 0 unspecified atom stereocenters. The Morgan fingerprint density at radius 1 is 1.08 bits per heavy atom. The zero-order valence-corrected chi connectivity index (χ0v) is 14.9. The van der Waals surface area contributed by atoms with Gasteiger partial charge in [0.25, 0.3) is 5.91 Å². The van der Waals surface area contributed by atoms with E-state index in [1.807, 2.05) is 31.2 Å². The summed E-state index contributed by atoms with van der Waals surface area (Å²) < 4.78 is 5.14. The van der Waals surface area contributed by atoms with Gasteiger partial charge in [0.15, 0.2) is 0 Å². The molecule has 0 aromatic heterocycles. The molecule has 0 aliphatic rings. The van der Waals surface area contributed by atoms with E-state index in [0.29, 0.717) is 16.8 Å². The standard InChI is InChI=1S/C19H21NO3S/c1-4-24-17-8-6-5-7-16(17)18(21)20-15-11-9-14(10-12-15)19(22)23-13(2)3/h5-13H,4H2,1-3H3,(H,20,21). The van der Waals surface area contributed by atoms with Crippen LogP contribution in [0.25, 0.3) is 0 Å². The molecular weight excluding hydrogens is 322 g/mol. The molecule has 5 heteroatoms. The minimum absolute atomic E-state index is 0.163. The molecule has 0 saturated heterocycles. The fourth-order valence-electron chi connectivity index (χ4n) is 2.11. The fourth-order valence-corrected chi connectivity index (χ4v) is 2.91. The first-order valence-corrected chi connectivity index (χ1v) is 8.84. The molecule has 2 aromatic carbocycles. The lowest BCUT2D eigenvalue weighted by atomic mass is 10.2. The van der Waals surface area contributed by atoms with Crippen molar-refractivity contribution >= 4 is 29.3 Å². The summed E-state index contributed by atoms with van der Waals surface area (Å²) in [6.45, 7) is 5.66. The van der Waals surface area contributed by atoms with E-state index in [4.69, 9.17) is 4.74 Å². The molecule has 2 rings (SSSR count). The Morgan fingerprint density at radius 2 is 1.75 bits per heavy atom. The quantitative estimate of drug-likeness (QED) is 0.614. The molecule has 24 heavy (non-hydrogen) atoms. The number of ether oxygens (including phenoxy) is 1. The maximum Gasteiger partial charge on any atom is 0.338 e. The zero-order valence-electron chi connectivity index (χ0n) is 14.0. The largest absolute Gasteiger partial charge is 0.459 e. The molecule has 0 bridgehead atoms. The van der Waals surface area contributed by atoms with Gasteiger partial charge in [0.05, 0.1) is 17.2 Å². The van der Waals surface area contributed by atoms with E-state index >= 15 is 0 Å². The van der Waals surface area contributed by atoms with Gasteiger partial charge < -0.3 is 10.1 Å². The Morgan fingerprint density at radius 3 is 2.38 bits per heavy atom. The Bertz CT molecular complexity index is 711. The molecule has 0 saturated carbocycles. The number of thioether (sulfide) groups is 1. The number of hydrogen-bond donors (Lipinski definition) is 1. The third-order valence-electron chi connectivity index (χ3n) is 3.15. The topological polar surface area (TPSA) is 55.4 Å². The second-order valence-corrected chi connectivity index (χ2v) is 6.72. The molecule has 1 N–H and O–H groups in total. The number of carbonyl (C=O) groups excluding carboxylic acids is 2. The average molecular weight is 343 g/mol. The van der Waals surface area contributed by atoms with E-state index in [0.717, 1.165) is 10.6 Å². The Kier molecular flexibility index (Phi) is 6.44. The maximum atomic E-state index is 12.5. The van der Waals surface area contributed by atoms with Crippen LogP contribution >= 0.6 is 11.8 Å². The first-order chi connectivity index (χ1) is 11.5. The summed E-state index contributed by atoms with van der Waals surface area (Å²) >= 11 is 1.63. The van der Waals surface area contributed by atoms with Gasteiger partial charge in [-0.15, -0.1) is 11.8 Å². The van der Waals surface area contributed by atoms with Gasteiger partial charge >= 0.3 is 5.97 Å². The summed E-state index contributed by atoms with van der Waals surface area (Å²) in [6, 6.07) is 14.2. The molecule has 0 fully saturated rings. The molecule has 0 atom stereocenters. The molecule has 0 aliphatic heterocycles. The lowest BCUT2D eigenvalue weighted by Gasteiger charge is -2.10. The minimum Gasteiger partial charge on any atom is -0.459 e. The van der Waals surface area contributed by atoms with Crippen LogP contribution in [-0.4, -0.2) is 23.7 Å². The monoisotopic (exact) mass is 343 g/mol. The fraction of sp³-hybridized carbons (Fsp3) is 0.263. The average Bonchev–Trinajstić information content (AvgIpc) is 2.55. The van der Waals surface area contributed by atoms with Crippen molar-refractivity contribution in [3.05, 3.63) is 59.7 Å². The number of rotatable bonds is 6. The van der Waals surface area contributed by atoms with Crippen molar-refractivity contribution in [1.82, 2.24) is 0 Å². The number of hydrogen-bond acceptors (Lipinski definition) is 4. The van der Waals surface area contributed by atoms with Gasteiger partial charge in [0.2, 0.25) is 0 Å². The van der Waals surface area contributed by atoms with Crippen molar-refractivity contribution in [3.8, 4) is 0 Å². The third-order valence-corrected chi connectivity index (χ3v) is 4.11. The normalized spacial score (nSPS) is 10.5. The highest BCUT2D eigenvalue weighted by atomic mass is 32.2. The molecule has 0 radical (unpaired) electrons. The van der Waals surface area contributed by atoms with Crippen molar-refractivity contribution in [2.24, 2.45) is 0 Å². The highest BCUT2D eigenvalue weighted by Gasteiger charge is 2.12. The first kappa shape index (κ1) is 18.1. The first-order valence-electron chi connectivity index (χ1n) is 7.85. The van der Waals surface area contributed by atoms with Gasteiger partial charge in [0.1, 0.15) is 0 Å². The van der Waals surface area contributed by atoms with Crippen molar-refractivity contribution in [3.63, 3.8) is 0 Å². The highest BCUT2D eigenvalue weighted by molar-refractivity contribution is 7.99. The highest BCUT2D eigenvalue weighted by Crippen LogP contribution is 2.23. The van der Waals surface area contributed by atoms with Gasteiger partial charge in [0, 0.05) is 10.6 Å². The molecule has 0 heterocycles. The third kappa shape index (κ3) is 4.86. The van der Waals surface area contributed by atoms with E-state index < -0.39 is 0 Å². The molecule has 0 spiro atoms. The predicted molar refractivity (Wildman–Crippen MR) is 97.8 cm³/mol.